The molecule has 0 bridgehead atoms. The molecule has 0 aliphatic carbocycles. The Morgan fingerprint density at radius 2 is 1.65 bits per heavy atom. The summed E-state index contributed by atoms with van der Waals surface area (Å²) in [7, 11) is 0. The molecule has 2 amide bonds. The molecule has 0 N–H and O–H groups in total. The van der Waals surface area contributed by atoms with Gasteiger partial charge in [-0.3, -0.25) is 14.5 Å². The highest BCUT2D eigenvalue weighted by atomic mass is 79.9. The van der Waals surface area contributed by atoms with Crippen molar-refractivity contribution in [2.45, 2.75) is 6.54 Å². The van der Waals surface area contributed by atoms with Gasteiger partial charge >= 0.3 is 0 Å². The number of halogens is 2. The van der Waals surface area contributed by atoms with E-state index in [0.29, 0.717) is 26.4 Å². The van der Waals surface area contributed by atoms with Crippen LogP contribution in [0.1, 0.15) is 26.4 Å². The van der Waals surface area contributed by atoms with Crippen LogP contribution in [0.2, 0.25) is 5.02 Å². The van der Waals surface area contributed by atoms with Gasteiger partial charge < -0.3 is 0 Å². The highest BCUT2D eigenvalue weighted by molar-refractivity contribution is 9.10. The Bertz CT molecular complexity index is 698. The molecule has 0 saturated carbocycles. The molecule has 6 heteroatoms. The van der Waals surface area contributed by atoms with Gasteiger partial charge in [0.15, 0.2) is 0 Å². The third-order valence-corrected chi connectivity index (χ3v) is 3.86. The molecule has 2 aromatic rings. The monoisotopic (exact) mass is 350 g/mol. The van der Waals surface area contributed by atoms with Crippen molar-refractivity contribution in [1.29, 1.82) is 0 Å². The van der Waals surface area contributed by atoms with Gasteiger partial charge in [-0.05, 0) is 40.2 Å². The number of rotatable bonds is 2. The van der Waals surface area contributed by atoms with Crippen LogP contribution in [0.15, 0.2) is 41.0 Å². The fraction of sp³-hybridized carbons (Fsp3) is 0.0714. The minimum atomic E-state index is -0.316. The third-order valence-electron chi connectivity index (χ3n) is 3.07. The summed E-state index contributed by atoms with van der Waals surface area (Å²) in [6.07, 6.45) is 0. The number of aromatic nitrogens is 1. The van der Waals surface area contributed by atoms with Gasteiger partial charge in [0, 0.05) is 0 Å². The number of imide groups is 1. The Morgan fingerprint density at radius 1 is 1.05 bits per heavy atom. The molecule has 1 aliphatic rings. The maximum Gasteiger partial charge on any atom is 0.261 e. The number of carbonyl (C=O) groups excluding carboxylic acids is 2. The summed E-state index contributed by atoms with van der Waals surface area (Å²) < 4.78 is 0.605. The molecule has 0 atom stereocenters. The van der Waals surface area contributed by atoms with Crippen LogP contribution in [0, 0.1) is 0 Å². The van der Waals surface area contributed by atoms with E-state index in [1.807, 2.05) is 0 Å². The first-order valence-corrected chi connectivity index (χ1v) is 7.01. The zero-order valence-corrected chi connectivity index (χ0v) is 12.5. The second kappa shape index (κ2) is 5.00. The normalized spacial score (nSPS) is 13.8. The summed E-state index contributed by atoms with van der Waals surface area (Å²) in [5.41, 5.74) is 1.32. The van der Waals surface area contributed by atoms with E-state index in [1.165, 1.54) is 0 Å². The van der Waals surface area contributed by atoms with Gasteiger partial charge in [0.05, 0.1) is 28.4 Å². The summed E-state index contributed by atoms with van der Waals surface area (Å²) in [4.78, 5) is 29.8. The SMILES string of the molecule is O=C1c2ccccc2C(=O)N1Cc1nc(Br)ccc1Cl. The molecular weight excluding hydrogens is 344 g/mol. The van der Waals surface area contributed by atoms with Gasteiger partial charge in [-0.1, -0.05) is 23.7 Å². The lowest BCUT2D eigenvalue weighted by Crippen LogP contribution is -2.29. The second-order valence-electron chi connectivity index (χ2n) is 4.30. The topological polar surface area (TPSA) is 50.3 Å². The van der Waals surface area contributed by atoms with Crippen LogP contribution >= 0.6 is 27.5 Å². The fourth-order valence-corrected chi connectivity index (χ4v) is 2.61. The smallest absolute Gasteiger partial charge is 0.261 e. The summed E-state index contributed by atoms with van der Waals surface area (Å²) in [6.45, 7) is 0.0601. The van der Waals surface area contributed by atoms with Gasteiger partial charge in [-0.15, -0.1) is 0 Å². The molecule has 0 spiro atoms. The number of carbonyl (C=O) groups is 2. The number of hydrogen-bond acceptors (Lipinski definition) is 3. The fourth-order valence-electron chi connectivity index (χ4n) is 2.10. The molecule has 100 valence electrons. The van der Waals surface area contributed by atoms with Gasteiger partial charge in [-0.2, -0.15) is 0 Å². The minimum Gasteiger partial charge on any atom is -0.269 e. The summed E-state index contributed by atoms with van der Waals surface area (Å²) in [5, 5.41) is 0.421. The van der Waals surface area contributed by atoms with Crippen molar-refractivity contribution in [1.82, 2.24) is 9.88 Å². The number of amides is 2. The predicted octanol–water partition coefficient (Wildman–Crippen LogP) is 3.29. The summed E-state index contributed by atoms with van der Waals surface area (Å²) in [5.74, 6) is -0.633. The second-order valence-corrected chi connectivity index (χ2v) is 5.52. The van der Waals surface area contributed by atoms with E-state index >= 15 is 0 Å². The molecule has 0 fully saturated rings. The Balaban J connectivity index is 1.96. The molecule has 1 aromatic carbocycles. The number of pyridine rings is 1. The van der Waals surface area contributed by atoms with E-state index in [0.717, 1.165) is 4.90 Å². The molecule has 2 heterocycles. The van der Waals surface area contributed by atoms with Gasteiger partial charge in [-0.25, -0.2) is 4.98 Å². The van der Waals surface area contributed by atoms with E-state index in [2.05, 4.69) is 20.9 Å². The van der Waals surface area contributed by atoms with Crippen molar-refractivity contribution in [3.05, 3.63) is 62.8 Å². The van der Waals surface area contributed by atoms with E-state index in [-0.39, 0.29) is 18.4 Å². The first-order valence-electron chi connectivity index (χ1n) is 5.84. The van der Waals surface area contributed by atoms with E-state index < -0.39 is 0 Å². The maximum atomic E-state index is 12.2. The van der Waals surface area contributed by atoms with Gasteiger partial charge in [0.1, 0.15) is 4.60 Å². The maximum absolute atomic E-state index is 12.2. The molecule has 3 rings (SSSR count). The average molecular weight is 352 g/mol. The van der Waals surface area contributed by atoms with E-state index in [4.69, 9.17) is 11.6 Å². The number of fused-ring (bicyclic) bond motifs is 1. The van der Waals surface area contributed by atoms with Crippen LogP contribution in [-0.2, 0) is 6.54 Å². The molecule has 0 unspecified atom stereocenters. The molecule has 4 nitrogen and oxygen atoms in total. The van der Waals surface area contributed by atoms with Crippen molar-refractivity contribution in [3.8, 4) is 0 Å². The largest absolute Gasteiger partial charge is 0.269 e. The Kier molecular flexibility index (Phi) is 3.31. The lowest BCUT2D eigenvalue weighted by molar-refractivity contribution is 0.0640. The van der Waals surface area contributed by atoms with Crippen LogP contribution in [0.3, 0.4) is 0 Å². The first kappa shape index (κ1) is 13.3. The van der Waals surface area contributed by atoms with Crippen LogP contribution < -0.4 is 0 Å². The van der Waals surface area contributed by atoms with Gasteiger partial charge in [0.2, 0.25) is 0 Å². The Labute approximate surface area is 128 Å². The summed E-state index contributed by atoms with van der Waals surface area (Å²) in [6, 6.07) is 10.1. The van der Waals surface area contributed by atoms with E-state index in [9.17, 15) is 9.59 Å². The lowest BCUT2D eigenvalue weighted by Gasteiger charge is -2.14. The Morgan fingerprint density at radius 3 is 2.25 bits per heavy atom. The number of nitrogens with zero attached hydrogens (tertiary/aromatic N) is 2. The highest BCUT2D eigenvalue weighted by Crippen LogP contribution is 2.26. The molecule has 0 saturated heterocycles. The van der Waals surface area contributed by atoms with Crippen LogP contribution in [-0.4, -0.2) is 21.7 Å². The Hall–Kier alpha value is -1.72. The first-order chi connectivity index (χ1) is 9.58. The molecular formula is C14H8BrClN2O2. The molecule has 20 heavy (non-hydrogen) atoms. The highest BCUT2D eigenvalue weighted by Gasteiger charge is 2.35. The predicted molar refractivity (Wildman–Crippen MR) is 77.6 cm³/mol. The quantitative estimate of drug-likeness (QED) is 0.616. The third kappa shape index (κ3) is 2.13. The zero-order chi connectivity index (χ0) is 14.3. The molecule has 1 aromatic heterocycles. The zero-order valence-electron chi connectivity index (χ0n) is 10.1. The molecule has 0 radical (unpaired) electrons. The summed E-state index contributed by atoms with van der Waals surface area (Å²) >= 11 is 9.29. The van der Waals surface area contributed by atoms with Crippen molar-refractivity contribution >= 4 is 39.3 Å². The van der Waals surface area contributed by atoms with Crippen LogP contribution in [0.25, 0.3) is 0 Å². The lowest BCUT2D eigenvalue weighted by atomic mass is 10.1. The van der Waals surface area contributed by atoms with E-state index in [1.54, 1.807) is 36.4 Å². The van der Waals surface area contributed by atoms with Crippen molar-refractivity contribution in [2.24, 2.45) is 0 Å². The van der Waals surface area contributed by atoms with Crippen LogP contribution in [0.4, 0.5) is 0 Å². The van der Waals surface area contributed by atoms with Crippen LogP contribution in [0.5, 0.6) is 0 Å². The molecule has 1 aliphatic heterocycles. The van der Waals surface area contributed by atoms with Crippen molar-refractivity contribution < 1.29 is 9.59 Å². The van der Waals surface area contributed by atoms with Crippen molar-refractivity contribution in [2.75, 3.05) is 0 Å². The number of hydrogen-bond donors (Lipinski definition) is 0. The average Bonchev–Trinajstić information content (AvgIpc) is 2.68. The number of benzene rings is 1. The van der Waals surface area contributed by atoms with Gasteiger partial charge in [0.25, 0.3) is 11.8 Å². The minimum absolute atomic E-state index is 0.0601. The standard InChI is InChI=1S/C14H8BrClN2O2/c15-12-6-5-10(16)11(17-12)7-18-13(19)8-3-1-2-4-9(8)14(18)20/h1-6H,7H2. The van der Waals surface area contributed by atoms with Crippen molar-refractivity contribution in [3.63, 3.8) is 0 Å².